The molecule has 0 saturated carbocycles. The van der Waals surface area contributed by atoms with Crippen molar-refractivity contribution in [1.29, 1.82) is 5.41 Å². The van der Waals surface area contributed by atoms with E-state index in [4.69, 9.17) is 44.5 Å². The summed E-state index contributed by atoms with van der Waals surface area (Å²) < 4.78 is 66.8. The van der Waals surface area contributed by atoms with E-state index in [9.17, 15) is 22.6 Å². The number of guanidine groups is 1. The van der Waals surface area contributed by atoms with E-state index in [1.54, 1.807) is 17.9 Å². The molecule has 1 heterocycles. The molecule has 0 saturated heterocycles. The summed E-state index contributed by atoms with van der Waals surface area (Å²) in [4.78, 5) is 31.6. The van der Waals surface area contributed by atoms with Crippen LogP contribution in [0.15, 0.2) is 6.07 Å². The van der Waals surface area contributed by atoms with Gasteiger partial charge in [0.15, 0.2) is 5.96 Å². The molecule has 17 nitrogen and oxygen atoms in total. The summed E-state index contributed by atoms with van der Waals surface area (Å²) in [6.45, 7) is 4.43. The molecule has 1 aliphatic carbocycles. The number of methoxy groups -OCH3 is 1. The van der Waals surface area contributed by atoms with Gasteiger partial charge in [-0.1, -0.05) is 6.42 Å². The van der Waals surface area contributed by atoms with Gasteiger partial charge in [-0.3, -0.25) is 29.6 Å². The van der Waals surface area contributed by atoms with Gasteiger partial charge in [-0.05, 0) is 37.8 Å². The Balaban J connectivity index is 0.0000106. The van der Waals surface area contributed by atoms with Gasteiger partial charge in [0.2, 0.25) is 10.4 Å². The van der Waals surface area contributed by atoms with Crippen LogP contribution in [0.25, 0.3) is 0 Å². The van der Waals surface area contributed by atoms with E-state index in [2.05, 4.69) is 9.50 Å². The maximum Gasteiger partial charge on any atom is 1.00 e. The van der Waals surface area contributed by atoms with E-state index >= 15 is 0 Å². The molecule has 256 valence electrons. The minimum atomic E-state index is -4.70. The first kappa shape index (κ1) is 42.1. The molecule has 1 atom stereocenters. The average Bonchev–Trinajstić information content (AvgIpc) is 3.18. The zero-order valence-electron chi connectivity index (χ0n) is 26.7. The molecule has 19 heteroatoms. The molecule has 0 bridgehead atoms. The Morgan fingerprint density at radius 1 is 0.978 bits per heavy atom. The van der Waals surface area contributed by atoms with Gasteiger partial charge in [0, 0.05) is 6.54 Å². The molecule has 0 fully saturated rings. The summed E-state index contributed by atoms with van der Waals surface area (Å²) in [5.41, 5.74) is 7.71. The third-order valence-electron chi connectivity index (χ3n) is 6.51. The van der Waals surface area contributed by atoms with Crippen LogP contribution in [0.5, 0.6) is 0 Å². The van der Waals surface area contributed by atoms with Crippen molar-refractivity contribution in [1.82, 2.24) is 15.2 Å². The monoisotopic (exact) mass is 685 g/mol. The number of carbonyl (C=O) groups is 2. The summed E-state index contributed by atoms with van der Waals surface area (Å²) >= 11 is 0. The van der Waals surface area contributed by atoms with Gasteiger partial charge >= 0.3 is 35.7 Å². The Kier molecular flexibility index (Phi) is 21.4. The maximum atomic E-state index is 12.8. The minimum absolute atomic E-state index is 0. The van der Waals surface area contributed by atoms with Gasteiger partial charge in [-0.15, -0.1) is 0 Å². The maximum absolute atomic E-state index is 12.8. The predicted octanol–water partition coefficient (Wildman–Crippen LogP) is -2.59. The van der Waals surface area contributed by atoms with Crippen molar-refractivity contribution in [3.63, 3.8) is 0 Å². The minimum Gasteiger partial charge on any atom is -0.726 e. The summed E-state index contributed by atoms with van der Waals surface area (Å²) in [6.07, 6.45) is 2.61. The number of hydrogen-bond acceptors (Lipinski definition) is 14. The Bertz CT molecular complexity index is 1190. The predicted molar refractivity (Wildman–Crippen MR) is 158 cm³/mol. The summed E-state index contributed by atoms with van der Waals surface area (Å²) in [7, 11) is -3.37. The number of rotatable bonds is 21. The van der Waals surface area contributed by atoms with Crippen LogP contribution in [-0.2, 0) is 49.4 Å². The normalized spacial score (nSPS) is 14.5. The first-order valence-electron chi connectivity index (χ1n) is 14.5. The topological polar surface area (TPSA) is 234 Å². The van der Waals surface area contributed by atoms with Crippen molar-refractivity contribution < 1.29 is 84.7 Å². The molecule has 0 aliphatic heterocycles. The fraction of sp³-hybridized carbons (Fsp3) is 0.704. The van der Waals surface area contributed by atoms with Crippen LogP contribution in [0, 0.1) is 12.3 Å². The van der Waals surface area contributed by atoms with Gasteiger partial charge in [-0.25, -0.2) is 13.2 Å². The number of amides is 2. The zero-order chi connectivity index (χ0) is 33.1. The SMILES string of the molecule is COC(=O)N(CCOCCOCCOCCOCCOCCOS(=O)(=O)[O-])C1CCCCc2cc(C(=O)NC(=N)N)c(C)nc21.[Na+]. The van der Waals surface area contributed by atoms with Crippen LogP contribution < -0.4 is 40.6 Å². The average molecular weight is 686 g/mol. The van der Waals surface area contributed by atoms with Crippen LogP contribution in [0.2, 0.25) is 0 Å². The second-order valence-corrected chi connectivity index (χ2v) is 10.8. The summed E-state index contributed by atoms with van der Waals surface area (Å²) in [5.74, 6) is -0.947. The van der Waals surface area contributed by atoms with Gasteiger partial charge in [0.1, 0.15) is 0 Å². The van der Waals surface area contributed by atoms with E-state index in [-0.39, 0.29) is 75.2 Å². The molecule has 2 rings (SSSR count). The Morgan fingerprint density at radius 2 is 1.50 bits per heavy atom. The number of aryl methyl sites for hydroxylation is 2. The molecular formula is C27H44N5NaO12S. The van der Waals surface area contributed by atoms with Crippen molar-refractivity contribution in [2.45, 2.75) is 38.6 Å². The molecule has 0 aromatic carbocycles. The molecule has 0 spiro atoms. The molecule has 1 aliphatic rings. The standard InChI is InChI=1S/C27H45N5O12S.Na/c1-20-22(25(33)31-26(28)29)19-21-5-3-4-6-23(24(21)30-20)32(27(34)38-2)7-8-39-9-10-40-11-12-41-13-14-42-15-16-43-17-18-44-45(35,36)37;/h19,23H,3-18H2,1-2H3,(H,35,36,37)(H4,28,29,31,33);/q;+1/p-1. The molecule has 2 amide bonds. The third kappa shape index (κ3) is 16.7. The Labute approximate surface area is 291 Å². The van der Waals surface area contributed by atoms with Gasteiger partial charge < -0.3 is 38.7 Å². The summed E-state index contributed by atoms with van der Waals surface area (Å²) in [5, 5.41) is 9.63. The van der Waals surface area contributed by atoms with E-state index < -0.39 is 28.4 Å². The second-order valence-electron chi connectivity index (χ2n) is 9.75. The van der Waals surface area contributed by atoms with E-state index in [1.165, 1.54) is 7.11 Å². The number of carbonyl (C=O) groups excluding carboxylic acids is 2. The molecule has 1 aromatic rings. The van der Waals surface area contributed by atoms with E-state index in [1.807, 2.05) is 0 Å². The fourth-order valence-electron chi connectivity index (χ4n) is 4.50. The number of aromatic nitrogens is 1. The Morgan fingerprint density at radius 3 is 2.00 bits per heavy atom. The quantitative estimate of drug-likeness (QED) is 0.0229. The van der Waals surface area contributed by atoms with Crippen molar-refractivity contribution >= 4 is 28.4 Å². The van der Waals surface area contributed by atoms with E-state index in [0.717, 1.165) is 24.1 Å². The van der Waals surface area contributed by atoms with Gasteiger partial charge in [0.25, 0.3) is 5.91 Å². The number of nitrogens with one attached hydrogen (secondary N) is 2. The molecule has 1 aromatic heterocycles. The molecule has 1 unspecified atom stereocenters. The number of fused-ring (bicyclic) bond motifs is 1. The first-order valence-corrected chi connectivity index (χ1v) is 15.9. The fourth-order valence-corrected chi connectivity index (χ4v) is 4.77. The van der Waals surface area contributed by atoms with Crippen LogP contribution in [0.1, 0.15) is 52.6 Å². The summed E-state index contributed by atoms with van der Waals surface area (Å²) in [6, 6.07) is 1.42. The van der Waals surface area contributed by atoms with E-state index in [0.29, 0.717) is 63.7 Å². The molecular weight excluding hydrogens is 641 g/mol. The first-order chi connectivity index (χ1) is 21.5. The van der Waals surface area contributed by atoms with Crippen molar-refractivity contribution in [3.8, 4) is 0 Å². The Hall–Kier alpha value is -1.97. The molecule has 4 N–H and O–H groups in total. The smallest absolute Gasteiger partial charge is 0.726 e. The number of hydrogen-bond donors (Lipinski definition) is 3. The largest absolute Gasteiger partial charge is 1.00 e. The van der Waals surface area contributed by atoms with Crippen molar-refractivity contribution in [2.24, 2.45) is 5.73 Å². The third-order valence-corrected chi connectivity index (χ3v) is 6.97. The molecule has 0 radical (unpaired) electrons. The van der Waals surface area contributed by atoms with Crippen molar-refractivity contribution in [3.05, 3.63) is 28.6 Å². The van der Waals surface area contributed by atoms with Crippen LogP contribution in [-0.4, -0.2) is 127 Å². The van der Waals surface area contributed by atoms with Crippen LogP contribution in [0.3, 0.4) is 0 Å². The molecule has 46 heavy (non-hydrogen) atoms. The van der Waals surface area contributed by atoms with Crippen LogP contribution >= 0.6 is 0 Å². The van der Waals surface area contributed by atoms with Gasteiger partial charge in [-0.2, -0.15) is 0 Å². The number of nitrogens with zero attached hydrogens (tertiary/aromatic N) is 2. The van der Waals surface area contributed by atoms with Gasteiger partial charge in [0.05, 0.1) is 103 Å². The number of ether oxygens (including phenoxy) is 6. The number of pyridine rings is 1. The van der Waals surface area contributed by atoms with Crippen LogP contribution in [0.4, 0.5) is 4.79 Å². The number of nitrogens with two attached hydrogens (primary N) is 1. The zero-order valence-corrected chi connectivity index (χ0v) is 29.6. The van der Waals surface area contributed by atoms with Crippen molar-refractivity contribution in [2.75, 3.05) is 86.3 Å². The second kappa shape index (κ2) is 23.4.